The van der Waals surface area contributed by atoms with Gasteiger partial charge in [-0.05, 0) is 20.3 Å². The Morgan fingerprint density at radius 2 is 2.30 bits per heavy atom. The van der Waals surface area contributed by atoms with Crippen LogP contribution in [0.4, 0.5) is 0 Å². The van der Waals surface area contributed by atoms with Crippen molar-refractivity contribution in [3.63, 3.8) is 0 Å². The minimum atomic E-state index is -0.649. The van der Waals surface area contributed by atoms with E-state index in [9.17, 15) is 4.79 Å². The number of carbonyl (C=O) groups is 1. The van der Waals surface area contributed by atoms with Crippen LogP contribution in [0.5, 0.6) is 0 Å². The molecule has 58 valence electrons. The quantitative estimate of drug-likeness (QED) is 0.509. The van der Waals surface area contributed by atoms with Gasteiger partial charge in [0.25, 0.3) is 0 Å². The molecule has 0 N–H and O–H groups in total. The second kappa shape index (κ2) is 2.68. The van der Waals surface area contributed by atoms with E-state index in [-0.39, 0.29) is 5.60 Å². The lowest BCUT2D eigenvalue weighted by Crippen LogP contribution is -2.39. The summed E-state index contributed by atoms with van der Waals surface area (Å²) in [5.41, 5.74) is -0.205. The molecule has 10 heavy (non-hydrogen) atoms. The number of carbonyl (C=O) groups excluding carboxylic acids is 1. The van der Waals surface area contributed by atoms with E-state index in [1.54, 1.807) is 0 Å². The molecule has 0 saturated carbocycles. The first kappa shape index (κ1) is 7.69. The van der Waals surface area contributed by atoms with Gasteiger partial charge in [0.2, 0.25) is 6.29 Å². The highest BCUT2D eigenvalue weighted by Crippen LogP contribution is 2.21. The summed E-state index contributed by atoms with van der Waals surface area (Å²) in [6.45, 7) is 4.51. The SMILES string of the molecule is CC1(C)CCOC(C=O)O1. The molecular weight excluding hydrogens is 132 g/mol. The summed E-state index contributed by atoms with van der Waals surface area (Å²) in [4.78, 5) is 10.2. The molecule has 1 fully saturated rings. The maximum atomic E-state index is 10.2. The predicted octanol–water partition coefficient (Wildman–Crippen LogP) is 0.727. The Morgan fingerprint density at radius 1 is 1.60 bits per heavy atom. The largest absolute Gasteiger partial charge is 0.346 e. The number of hydrogen-bond acceptors (Lipinski definition) is 3. The fourth-order valence-corrected chi connectivity index (χ4v) is 0.895. The molecular formula is C7H12O3. The van der Waals surface area contributed by atoms with E-state index in [0.717, 1.165) is 6.42 Å². The minimum absolute atomic E-state index is 0.205. The van der Waals surface area contributed by atoms with Crippen LogP contribution in [0.25, 0.3) is 0 Å². The van der Waals surface area contributed by atoms with Crippen molar-refractivity contribution in [2.75, 3.05) is 6.61 Å². The molecule has 1 saturated heterocycles. The fraction of sp³-hybridized carbons (Fsp3) is 0.857. The van der Waals surface area contributed by atoms with Crippen molar-refractivity contribution in [1.29, 1.82) is 0 Å². The molecule has 0 amide bonds. The molecule has 0 radical (unpaired) electrons. The van der Waals surface area contributed by atoms with Crippen LogP contribution in [0.2, 0.25) is 0 Å². The number of hydrogen-bond donors (Lipinski definition) is 0. The molecule has 0 bridgehead atoms. The lowest BCUT2D eigenvalue weighted by Gasteiger charge is -2.33. The summed E-state index contributed by atoms with van der Waals surface area (Å²) >= 11 is 0. The molecule has 0 aromatic rings. The monoisotopic (exact) mass is 144 g/mol. The molecule has 0 aliphatic carbocycles. The van der Waals surface area contributed by atoms with Crippen molar-refractivity contribution in [3.05, 3.63) is 0 Å². The lowest BCUT2D eigenvalue weighted by atomic mass is 10.1. The summed E-state index contributed by atoms with van der Waals surface area (Å²) in [5, 5.41) is 0. The maximum Gasteiger partial charge on any atom is 0.215 e. The zero-order valence-corrected chi connectivity index (χ0v) is 6.29. The van der Waals surface area contributed by atoms with Crippen molar-refractivity contribution >= 4 is 6.29 Å². The highest BCUT2D eigenvalue weighted by Gasteiger charge is 2.28. The van der Waals surface area contributed by atoms with Crippen molar-refractivity contribution in [3.8, 4) is 0 Å². The smallest absolute Gasteiger partial charge is 0.215 e. The molecule has 1 atom stereocenters. The highest BCUT2D eigenvalue weighted by atomic mass is 16.7. The molecule has 1 aliphatic heterocycles. The second-order valence-electron chi connectivity index (χ2n) is 3.00. The Kier molecular flexibility index (Phi) is 2.06. The van der Waals surface area contributed by atoms with Gasteiger partial charge in [-0.3, -0.25) is 4.79 Å². The summed E-state index contributed by atoms with van der Waals surface area (Å²) in [6.07, 6.45) is 0.877. The van der Waals surface area contributed by atoms with Gasteiger partial charge in [0, 0.05) is 0 Å². The van der Waals surface area contributed by atoms with E-state index in [4.69, 9.17) is 9.47 Å². The normalized spacial score (nSPS) is 31.6. The average molecular weight is 144 g/mol. The molecule has 3 nitrogen and oxygen atoms in total. The molecule has 3 heteroatoms. The van der Waals surface area contributed by atoms with Crippen LogP contribution in [0.3, 0.4) is 0 Å². The van der Waals surface area contributed by atoms with Crippen LogP contribution in [-0.4, -0.2) is 24.8 Å². The molecule has 1 rings (SSSR count). The molecule has 0 spiro atoms. The third-order valence-electron chi connectivity index (χ3n) is 1.53. The van der Waals surface area contributed by atoms with Crippen molar-refractivity contribution in [1.82, 2.24) is 0 Å². The molecule has 0 aromatic carbocycles. The second-order valence-corrected chi connectivity index (χ2v) is 3.00. The van der Waals surface area contributed by atoms with Gasteiger partial charge in [0.1, 0.15) is 0 Å². The van der Waals surface area contributed by atoms with Crippen LogP contribution in [0.1, 0.15) is 20.3 Å². The average Bonchev–Trinajstić information content (AvgIpc) is 1.86. The Morgan fingerprint density at radius 3 is 2.70 bits per heavy atom. The van der Waals surface area contributed by atoms with Crippen molar-refractivity contribution in [2.45, 2.75) is 32.2 Å². The molecule has 1 heterocycles. The number of aldehydes is 1. The zero-order chi connectivity index (χ0) is 7.61. The van der Waals surface area contributed by atoms with Gasteiger partial charge in [-0.25, -0.2) is 0 Å². The third-order valence-corrected chi connectivity index (χ3v) is 1.53. The summed E-state index contributed by atoms with van der Waals surface area (Å²) in [7, 11) is 0. The molecule has 0 aromatic heterocycles. The zero-order valence-electron chi connectivity index (χ0n) is 6.29. The van der Waals surface area contributed by atoms with Crippen LogP contribution in [0, 0.1) is 0 Å². The Balaban J connectivity index is 2.47. The van der Waals surface area contributed by atoms with Gasteiger partial charge in [-0.1, -0.05) is 0 Å². The standard InChI is InChI=1S/C7H12O3/c1-7(2)3-4-9-6(5-8)10-7/h5-6H,3-4H2,1-2H3. The van der Waals surface area contributed by atoms with Crippen LogP contribution in [-0.2, 0) is 14.3 Å². The van der Waals surface area contributed by atoms with E-state index in [1.807, 2.05) is 13.8 Å². The van der Waals surface area contributed by atoms with E-state index in [2.05, 4.69) is 0 Å². The Bertz CT molecular complexity index is 131. The summed E-state index contributed by atoms with van der Waals surface area (Å²) in [5.74, 6) is 0. The first-order valence-electron chi connectivity index (χ1n) is 3.39. The first-order valence-corrected chi connectivity index (χ1v) is 3.39. The summed E-state index contributed by atoms with van der Waals surface area (Å²) in [6, 6.07) is 0. The molecule has 1 unspecified atom stereocenters. The van der Waals surface area contributed by atoms with Crippen molar-refractivity contribution < 1.29 is 14.3 Å². The van der Waals surface area contributed by atoms with E-state index >= 15 is 0 Å². The van der Waals surface area contributed by atoms with E-state index in [1.165, 1.54) is 0 Å². The van der Waals surface area contributed by atoms with Gasteiger partial charge >= 0.3 is 0 Å². The predicted molar refractivity (Wildman–Crippen MR) is 35.6 cm³/mol. The van der Waals surface area contributed by atoms with Crippen LogP contribution >= 0.6 is 0 Å². The van der Waals surface area contributed by atoms with Gasteiger partial charge in [-0.15, -0.1) is 0 Å². The highest BCUT2D eigenvalue weighted by molar-refractivity contribution is 5.54. The molecule has 1 aliphatic rings. The van der Waals surface area contributed by atoms with Crippen LogP contribution < -0.4 is 0 Å². The fourth-order valence-electron chi connectivity index (χ4n) is 0.895. The maximum absolute atomic E-state index is 10.2. The Hall–Kier alpha value is -0.410. The first-order chi connectivity index (χ1) is 4.64. The van der Waals surface area contributed by atoms with Gasteiger partial charge in [0.05, 0.1) is 12.2 Å². The van der Waals surface area contributed by atoms with Gasteiger partial charge < -0.3 is 9.47 Å². The lowest BCUT2D eigenvalue weighted by molar-refractivity contribution is -0.229. The van der Waals surface area contributed by atoms with Gasteiger partial charge in [-0.2, -0.15) is 0 Å². The number of ether oxygens (including phenoxy) is 2. The van der Waals surface area contributed by atoms with E-state index < -0.39 is 6.29 Å². The number of rotatable bonds is 1. The minimum Gasteiger partial charge on any atom is -0.346 e. The summed E-state index contributed by atoms with van der Waals surface area (Å²) < 4.78 is 10.2. The Labute approximate surface area is 60.3 Å². The van der Waals surface area contributed by atoms with Crippen molar-refractivity contribution in [2.24, 2.45) is 0 Å². The third kappa shape index (κ3) is 1.78. The topological polar surface area (TPSA) is 35.5 Å². The van der Waals surface area contributed by atoms with Gasteiger partial charge in [0.15, 0.2) is 6.29 Å². The van der Waals surface area contributed by atoms with E-state index in [0.29, 0.717) is 12.9 Å². The van der Waals surface area contributed by atoms with Crippen LogP contribution in [0.15, 0.2) is 0 Å².